The summed E-state index contributed by atoms with van der Waals surface area (Å²) >= 11 is 0. The smallest absolute Gasteiger partial charge is 0.214 e. The molecule has 2 aliphatic rings. The van der Waals surface area contributed by atoms with Crippen LogP contribution in [0.2, 0.25) is 0 Å². The number of fused-ring (bicyclic) bond motifs is 1. The second-order valence-corrected chi connectivity index (χ2v) is 8.97. The predicted octanol–water partition coefficient (Wildman–Crippen LogP) is 6.22. The molecule has 2 heteroatoms. The van der Waals surface area contributed by atoms with Crippen LogP contribution >= 0.6 is 0 Å². The Morgan fingerprint density at radius 2 is 1.59 bits per heavy atom. The Kier molecular flexibility index (Phi) is 4.46. The average Bonchev–Trinajstić information content (AvgIpc) is 3.26. The van der Waals surface area contributed by atoms with Gasteiger partial charge in [0.1, 0.15) is 5.69 Å². The minimum atomic E-state index is -0.137. The molecule has 0 saturated heterocycles. The zero-order chi connectivity index (χ0) is 20.0. The van der Waals surface area contributed by atoms with Crippen LogP contribution < -0.4 is 4.57 Å². The van der Waals surface area contributed by atoms with Gasteiger partial charge in [0.25, 0.3) is 5.82 Å². The standard InChI is InChI=1S/C27H31N2/c1-20-12-10-11-17-24(20)28-21(2)25-18-19-27(3,23-15-8-5-9-16-23)29(25)26(28)22-13-6-4-7-14-22/h5,8-12,15-19,22H,4,6-7,13-14H2,1-3H3/q+1. The maximum Gasteiger partial charge on any atom is 0.266 e. The van der Waals surface area contributed by atoms with Gasteiger partial charge in [-0.25, -0.2) is 4.57 Å². The van der Waals surface area contributed by atoms with E-state index in [-0.39, 0.29) is 5.54 Å². The van der Waals surface area contributed by atoms with Gasteiger partial charge in [-0.05, 0) is 50.5 Å². The fourth-order valence-corrected chi connectivity index (χ4v) is 5.52. The highest BCUT2D eigenvalue weighted by atomic mass is 15.2. The number of imidazole rings is 1. The fraction of sp³-hybridized carbons (Fsp3) is 0.370. The van der Waals surface area contributed by atoms with Crippen molar-refractivity contribution in [1.29, 1.82) is 0 Å². The number of rotatable bonds is 3. The van der Waals surface area contributed by atoms with Crippen molar-refractivity contribution in [3.05, 3.63) is 89.0 Å². The van der Waals surface area contributed by atoms with E-state index in [4.69, 9.17) is 0 Å². The molecule has 2 aromatic carbocycles. The SMILES string of the molecule is Cc1ccccc1-n1c(C)c2[n+](c1C1CCCCC1)C(C)(c1ccccc1)C=C2. The van der Waals surface area contributed by atoms with Crippen LogP contribution in [0.4, 0.5) is 0 Å². The summed E-state index contributed by atoms with van der Waals surface area (Å²) in [5.74, 6) is 2.10. The molecule has 0 amide bonds. The van der Waals surface area contributed by atoms with Gasteiger partial charge in [-0.15, -0.1) is 0 Å². The maximum absolute atomic E-state index is 2.65. The fourth-order valence-electron chi connectivity index (χ4n) is 5.52. The molecule has 2 nitrogen and oxygen atoms in total. The Labute approximate surface area is 174 Å². The molecule has 0 spiro atoms. The molecule has 148 valence electrons. The summed E-state index contributed by atoms with van der Waals surface area (Å²) in [4.78, 5) is 0. The molecule has 0 N–H and O–H groups in total. The lowest BCUT2D eigenvalue weighted by Crippen LogP contribution is -2.55. The van der Waals surface area contributed by atoms with E-state index >= 15 is 0 Å². The first-order valence-corrected chi connectivity index (χ1v) is 11.1. The highest BCUT2D eigenvalue weighted by Gasteiger charge is 2.46. The first-order valence-electron chi connectivity index (χ1n) is 11.1. The second-order valence-electron chi connectivity index (χ2n) is 8.97. The van der Waals surface area contributed by atoms with Crippen LogP contribution in [-0.4, -0.2) is 4.57 Å². The summed E-state index contributed by atoms with van der Waals surface area (Å²) in [6.07, 6.45) is 11.4. The lowest BCUT2D eigenvalue weighted by Gasteiger charge is -2.27. The summed E-state index contributed by atoms with van der Waals surface area (Å²) in [7, 11) is 0. The number of aromatic nitrogens is 2. The lowest BCUT2D eigenvalue weighted by molar-refractivity contribution is -0.743. The zero-order valence-corrected chi connectivity index (χ0v) is 17.9. The first kappa shape index (κ1) is 18.4. The van der Waals surface area contributed by atoms with Gasteiger partial charge in [0.15, 0.2) is 16.9 Å². The summed E-state index contributed by atoms with van der Waals surface area (Å²) < 4.78 is 5.23. The molecule has 2 heterocycles. The molecular weight excluding hydrogens is 352 g/mol. The Balaban J connectivity index is 1.80. The minimum absolute atomic E-state index is 0.137. The third kappa shape index (κ3) is 2.80. The van der Waals surface area contributed by atoms with Gasteiger partial charge >= 0.3 is 0 Å². The molecule has 1 aliphatic heterocycles. The average molecular weight is 384 g/mol. The van der Waals surface area contributed by atoms with E-state index in [0.29, 0.717) is 5.92 Å². The number of nitrogens with zero attached hydrogens (tertiary/aromatic N) is 2. The van der Waals surface area contributed by atoms with Gasteiger partial charge in [-0.3, -0.25) is 0 Å². The van der Waals surface area contributed by atoms with Crippen LogP contribution in [0, 0.1) is 13.8 Å². The number of hydrogen-bond acceptors (Lipinski definition) is 0. The number of benzene rings is 2. The minimum Gasteiger partial charge on any atom is -0.214 e. The third-order valence-corrected chi connectivity index (χ3v) is 7.12. The molecule has 3 aromatic rings. The van der Waals surface area contributed by atoms with E-state index in [0.717, 1.165) is 0 Å². The maximum atomic E-state index is 2.65. The number of aryl methyl sites for hydroxylation is 1. The Morgan fingerprint density at radius 1 is 0.897 bits per heavy atom. The summed E-state index contributed by atoms with van der Waals surface area (Å²) in [6.45, 7) is 6.91. The Morgan fingerprint density at radius 3 is 2.31 bits per heavy atom. The normalized spacial score (nSPS) is 21.5. The van der Waals surface area contributed by atoms with Gasteiger partial charge in [0.2, 0.25) is 0 Å². The van der Waals surface area contributed by atoms with Crippen molar-refractivity contribution in [3.63, 3.8) is 0 Å². The van der Waals surface area contributed by atoms with Crippen LogP contribution in [0.1, 0.15) is 73.3 Å². The van der Waals surface area contributed by atoms with Crippen LogP contribution in [-0.2, 0) is 5.54 Å². The van der Waals surface area contributed by atoms with Crippen molar-refractivity contribution in [2.24, 2.45) is 0 Å². The van der Waals surface area contributed by atoms with Crippen molar-refractivity contribution >= 4 is 6.08 Å². The van der Waals surface area contributed by atoms with Crippen molar-refractivity contribution in [1.82, 2.24) is 4.57 Å². The summed E-state index contributed by atoms with van der Waals surface area (Å²) in [5.41, 5.74) is 6.61. The molecule has 29 heavy (non-hydrogen) atoms. The van der Waals surface area contributed by atoms with Crippen molar-refractivity contribution < 1.29 is 4.57 Å². The van der Waals surface area contributed by atoms with Crippen molar-refractivity contribution in [3.8, 4) is 5.69 Å². The van der Waals surface area contributed by atoms with Gasteiger partial charge in [0, 0.05) is 12.5 Å². The molecule has 1 unspecified atom stereocenters. The van der Waals surface area contributed by atoms with Gasteiger partial charge in [-0.1, -0.05) is 67.8 Å². The van der Waals surface area contributed by atoms with Gasteiger partial charge in [0.05, 0.1) is 5.92 Å². The number of hydrogen-bond donors (Lipinski definition) is 0. The lowest BCUT2D eigenvalue weighted by atomic mass is 9.86. The van der Waals surface area contributed by atoms with E-state index in [1.807, 2.05) is 0 Å². The zero-order valence-electron chi connectivity index (χ0n) is 17.9. The van der Waals surface area contributed by atoms with E-state index in [9.17, 15) is 0 Å². The van der Waals surface area contributed by atoms with E-state index in [1.54, 1.807) is 0 Å². The van der Waals surface area contributed by atoms with Crippen molar-refractivity contribution in [2.45, 2.75) is 64.3 Å². The van der Waals surface area contributed by atoms with Crippen molar-refractivity contribution in [2.75, 3.05) is 0 Å². The van der Waals surface area contributed by atoms with E-state index in [2.05, 4.69) is 96.7 Å². The van der Waals surface area contributed by atoms with Crippen LogP contribution in [0.25, 0.3) is 11.8 Å². The molecule has 1 aromatic heterocycles. The molecule has 0 bridgehead atoms. The highest BCUT2D eigenvalue weighted by Crippen LogP contribution is 2.39. The molecular formula is C27H31N2+. The van der Waals surface area contributed by atoms with Crippen LogP contribution in [0.3, 0.4) is 0 Å². The molecule has 1 aliphatic carbocycles. The Hall–Kier alpha value is -2.61. The topological polar surface area (TPSA) is 8.81 Å². The monoisotopic (exact) mass is 383 g/mol. The Bertz CT molecular complexity index is 1070. The second kappa shape index (κ2) is 7.02. The third-order valence-electron chi connectivity index (χ3n) is 7.12. The quantitative estimate of drug-likeness (QED) is 0.475. The predicted molar refractivity (Wildman–Crippen MR) is 119 cm³/mol. The van der Waals surface area contributed by atoms with Crippen LogP contribution in [0.15, 0.2) is 60.7 Å². The molecule has 1 fully saturated rings. The van der Waals surface area contributed by atoms with E-state index in [1.165, 1.54) is 66.1 Å². The molecule has 1 atom stereocenters. The van der Waals surface area contributed by atoms with Crippen LogP contribution in [0.5, 0.6) is 0 Å². The number of allylic oxidation sites excluding steroid dienone is 1. The van der Waals surface area contributed by atoms with Gasteiger partial charge < -0.3 is 0 Å². The molecule has 0 radical (unpaired) electrons. The largest absolute Gasteiger partial charge is 0.266 e. The highest BCUT2D eigenvalue weighted by molar-refractivity contribution is 5.55. The first-order chi connectivity index (χ1) is 14.1. The summed E-state index contributed by atoms with van der Waals surface area (Å²) in [5, 5.41) is 0. The van der Waals surface area contributed by atoms with E-state index < -0.39 is 0 Å². The molecule has 5 rings (SSSR count). The summed E-state index contributed by atoms with van der Waals surface area (Å²) in [6, 6.07) is 19.8. The van der Waals surface area contributed by atoms with Gasteiger partial charge in [-0.2, -0.15) is 4.57 Å². The number of para-hydroxylation sites is 1. The molecule has 1 saturated carbocycles.